The number of hydrogen-bond acceptors (Lipinski definition) is 7. The molecule has 8 heteroatoms. The molecule has 1 atom stereocenters. The van der Waals surface area contributed by atoms with Crippen LogP contribution < -0.4 is 9.47 Å². The first kappa shape index (κ1) is 17.0. The van der Waals surface area contributed by atoms with Crippen molar-refractivity contribution in [2.24, 2.45) is 0 Å². The summed E-state index contributed by atoms with van der Waals surface area (Å²) in [5, 5.41) is 0.751. The first-order valence-electron chi connectivity index (χ1n) is 7.25. The fourth-order valence-corrected chi connectivity index (χ4v) is 2.71. The maximum absolute atomic E-state index is 11.8. The number of aromatic nitrogens is 1. The maximum atomic E-state index is 11.8. The Morgan fingerprint density at radius 1 is 1.28 bits per heavy atom. The molecule has 130 valence electrons. The summed E-state index contributed by atoms with van der Waals surface area (Å²) in [6.45, 7) is 5.00. The average molecular weight is 364 g/mol. The van der Waals surface area contributed by atoms with Gasteiger partial charge < -0.3 is 18.9 Å². The Kier molecular flexibility index (Phi) is 4.50. The Hall–Kier alpha value is -2.80. The van der Waals surface area contributed by atoms with Gasteiger partial charge in [-0.1, -0.05) is 18.2 Å². The number of nitrogens with zero attached hydrogens (tertiary/aromatic N) is 1. The van der Waals surface area contributed by atoms with Gasteiger partial charge in [-0.2, -0.15) is 0 Å². The molecule has 2 aromatic rings. The van der Waals surface area contributed by atoms with E-state index in [9.17, 15) is 9.59 Å². The lowest BCUT2D eigenvalue weighted by Crippen LogP contribution is -2.18. The molecule has 0 N–H and O–H groups in total. The predicted octanol–water partition coefficient (Wildman–Crippen LogP) is 2.95. The van der Waals surface area contributed by atoms with Crippen molar-refractivity contribution in [3.8, 4) is 11.5 Å². The summed E-state index contributed by atoms with van der Waals surface area (Å²) < 4.78 is 20.5. The number of methoxy groups -OCH3 is 1. The standard InChI is InChI=1S/C17H14ClNO6/c1-8(17(21)22-3)15(25-9(2)20)11-4-10-5-13-14(24-7-23-13)6-12(10)19-16(11)18/h4-6,15H,1,7H2,2-3H3. The van der Waals surface area contributed by atoms with Gasteiger partial charge >= 0.3 is 11.9 Å². The predicted molar refractivity (Wildman–Crippen MR) is 88.5 cm³/mol. The van der Waals surface area contributed by atoms with Crippen molar-refractivity contribution in [3.63, 3.8) is 0 Å². The molecule has 0 saturated carbocycles. The van der Waals surface area contributed by atoms with E-state index in [1.54, 1.807) is 18.2 Å². The van der Waals surface area contributed by atoms with Gasteiger partial charge in [0.1, 0.15) is 5.15 Å². The SMILES string of the molecule is C=C(C(=O)OC)C(OC(C)=O)c1cc2cc3c(cc2nc1Cl)OCO3. The van der Waals surface area contributed by atoms with Gasteiger partial charge in [0.05, 0.1) is 18.2 Å². The van der Waals surface area contributed by atoms with Gasteiger partial charge in [-0.3, -0.25) is 4.79 Å². The topological polar surface area (TPSA) is 84.0 Å². The molecule has 3 rings (SSSR count). The number of hydrogen-bond donors (Lipinski definition) is 0. The van der Waals surface area contributed by atoms with Crippen molar-refractivity contribution >= 4 is 34.4 Å². The van der Waals surface area contributed by atoms with Crippen LogP contribution >= 0.6 is 11.6 Å². The van der Waals surface area contributed by atoms with Gasteiger partial charge in [0.2, 0.25) is 6.79 Å². The molecule has 0 aliphatic carbocycles. The third-order valence-corrected chi connectivity index (χ3v) is 3.92. The number of esters is 2. The first-order chi connectivity index (χ1) is 11.9. The number of carbonyl (C=O) groups is 2. The third kappa shape index (κ3) is 3.23. The molecule has 7 nitrogen and oxygen atoms in total. The fraction of sp³-hybridized carbons (Fsp3) is 0.235. The zero-order valence-electron chi connectivity index (χ0n) is 13.5. The minimum Gasteiger partial charge on any atom is -0.466 e. The van der Waals surface area contributed by atoms with Gasteiger partial charge in [-0.05, 0) is 12.1 Å². The number of pyridine rings is 1. The van der Waals surface area contributed by atoms with E-state index in [0.29, 0.717) is 28.0 Å². The van der Waals surface area contributed by atoms with Crippen molar-refractivity contribution in [1.29, 1.82) is 0 Å². The summed E-state index contributed by atoms with van der Waals surface area (Å²) in [5.74, 6) is -0.178. The molecule has 0 fully saturated rings. The van der Waals surface area contributed by atoms with Gasteiger partial charge in [0.15, 0.2) is 17.6 Å². The number of ether oxygens (including phenoxy) is 4. The second-order valence-corrected chi connectivity index (χ2v) is 5.63. The highest BCUT2D eigenvalue weighted by Gasteiger charge is 2.28. The lowest BCUT2D eigenvalue weighted by atomic mass is 10.0. The van der Waals surface area contributed by atoms with Gasteiger partial charge in [0, 0.05) is 23.9 Å². The van der Waals surface area contributed by atoms with Crippen LogP contribution in [0.25, 0.3) is 10.9 Å². The Labute approximate surface area is 148 Å². The van der Waals surface area contributed by atoms with Crippen LogP contribution in [0.1, 0.15) is 18.6 Å². The van der Waals surface area contributed by atoms with Crippen LogP contribution in [0.5, 0.6) is 11.5 Å². The fourth-order valence-electron chi connectivity index (χ4n) is 2.47. The highest BCUT2D eigenvalue weighted by Crippen LogP contribution is 2.38. The van der Waals surface area contributed by atoms with Crippen molar-refractivity contribution in [2.45, 2.75) is 13.0 Å². The molecular formula is C17H14ClNO6. The molecule has 1 aromatic carbocycles. The van der Waals surface area contributed by atoms with E-state index >= 15 is 0 Å². The number of fused-ring (bicyclic) bond motifs is 2. The molecular weight excluding hydrogens is 350 g/mol. The van der Waals surface area contributed by atoms with Crippen LogP contribution in [-0.4, -0.2) is 30.8 Å². The highest BCUT2D eigenvalue weighted by atomic mass is 35.5. The molecule has 0 saturated heterocycles. The van der Waals surface area contributed by atoms with E-state index in [-0.39, 0.29) is 17.5 Å². The maximum Gasteiger partial charge on any atom is 0.337 e. The van der Waals surface area contributed by atoms with E-state index in [4.69, 9.17) is 25.8 Å². The summed E-state index contributed by atoms with van der Waals surface area (Å²) in [5.41, 5.74) is 0.823. The van der Waals surface area contributed by atoms with Crippen LogP contribution in [0.15, 0.2) is 30.4 Å². The Bertz CT molecular complexity index is 894. The third-order valence-electron chi connectivity index (χ3n) is 3.62. The van der Waals surface area contributed by atoms with Gasteiger partial charge in [-0.15, -0.1) is 0 Å². The monoisotopic (exact) mass is 363 g/mol. The van der Waals surface area contributed by atoms with Crippen molar-refractivity contribution in [2.75, 3.05) is 13.9 Å². The number of halogens is 1. The molecule has 1 aliphatic heterocycles. The zero-order valence-corrected chi connectivity index (χ0v) is 14.3. The normalized spacial score (nSPS) is 13.4. The molecule has 0 radical (unpaired) electrons. The minimum absolute atomic E-state index is 0.0681. The number of carbonyl (C=O) groups excluding carboxylic acids is 2. The van der Waals surface area contributed by atoms with Crippen molar-refractivity contribution < 1.29 is 28.5 Å². The molecule has 0 amide bonds. The zero-order chi connectivity index (χ0) is 18.1. The van der Waals surface area contributed by atoms with Crippen molar-refractivity contribution in [1.82, 2.24) is 4.98 Å². The molecule has 1 aliphatic rings. The highest BCUT2D eigenvalue weighted by molar-refractivity contribution is 6.30. The summed E-state index contributed by atoms with van der Waals surface area (Å²) in [7, 11) is 1.21. The average Bonchev–Trinajstić information content (AvgIpc) is 3.03. The summed E-state index contributed by atoms with van der Waals surface area (Å²) in [4.78, 5) is 27.6. The molecule has 1 unspecified atom stereocenters. The molecule has 2 heterocycles. The van der Waals surface area contributed by atoms with Crippen LogP contribution in [0.3, 0.4) is 0 Å². The smallest absolute Gasteiger partial charge is 0.337 e. The Morgan fingerprint density at radius 2 is 1.96 bits per heavy atom. The summed E-state index contributed by atoms with van der Waals surface area (Å²) in [6.07, 6.45) is -1.11. The lowest BCUT2D eigenvalue weighted by Gasteiger charge is -2.19. The second kappa shape index (κ2) is 6.60. The van der Waals surface area contributed by atoms with Crippen molar-refractivity contribution in [3.05, 3.63) is 41.1 Å². The van der Waals surface area contributed by atoms with Gasteiger partial charge in [0.25, 0.3) is 0 Å². The van der Waals surface area contributed by atoms with Crippen LogP contribution in [-0.2, 0) is 19.1 Å². The molecule has 0 bridgehead atoms. The van der Waals surface area contributed by atoms with E-state index in [1.807, 2.05) is 0 Å². The van der Waals surface area contributed by atoms with Crippen LogP contribution in [0.4, 0.5) is 0 Å². The molecule has 1 aromatic heterocycles. The Balaban J connectivity index is 2.11. The van der Waals surface area contributed by atoms with Crippen LogP contribution in [0, 0.1) is 0 Å². The number of rotatable bonds is 4. The van der Waals surface area contributed by atoms with E-state index in [1.165, 1.54) is 14.0 Å². The van der Waals surface area contributed by atoms with E-state index in [0.717, 1.165) is 0 Å². The summed E-state index contributed by atoms with van der Waals surface area (Å²) in [6, 6.07) is 5.09. The largest absolute Gasteiger partial charge is 0.466 e. The van der Waals surface area contributed by atoms with E-state index in [2.05, 4.69) is 16.3 Å². The van der Waals surface area contributed by atoms with Crippen LogP contribution in [0.2, 0.25) is 5.15 Å². The Morgan fingerprint density at radius 3 is 2.60 bits per heavy atom. The lowest BCUT2D eigenvalue weighted by molar-refractivity contribution is -0.147. The minimum atomic E-state index is -1.11. The molecule has 25 heavy (non-hydrogen) atoms. The first-order valence-corrected chi connectivity index (χ1v) is 7.62. The molecule has 0 spiro atoms. The van der Waals surface area contributed by atoms with Gasteiger partial charge in [-0.25, -0.2) is 9.78 Å². The second-order valence-electron chi connectivity index (χ2n) is 5.27. The van der Waals surface area contributed by atoms with E-state index < -0.39 is 18.0 Å². The quantitative estimate of drug-likeness (QED) is 0.469. The number of benzene rings is 1. The summed E-state index contributed by atoms with van der Waals surface area (Å²) >= 11 is 6.26.